The summed E-state index contributed by atoms with van der Waals surface area (Å²) in [7, 11) is 0. The van der Waals surface area contributed by atoms with Gasteiger partial charge in [-0.25, -0.2) is 9.97 Å². The molecule has 2 heterocycles. The number of nitrogens with zero attached hydrogens (tertiary/aromatic N) is 4. The number of para-hydroxylation sites is 1. The summed E-state index contributed by atoms with van der Waals surface area (Å²) in [6, 6.07) is 19.7. The van der Waals surface area contributed by atoms with E-state index in [1.165, 1.54) is 24.9 Å². The number of anilines is 4. The summed E-state index contributed by atoms with van der Waals surface area (Å²) >= 11 is 0. The van der Waals surface area contributed by atoms with Crippen LogP contribution >= 0.6 is 0 Å². The number of carbonyl (C=O) groups excluding carboxylic acids is 1. The summed E-state index contributed by atoms with van der Waals surface area (Å²) in [4.78, 5) is 25.7. The second kappa shape index (κ2) is 8.73. The Morgan fingerprint density at radius 3 is 2.45 bits per heavy atom. The topological polar surface area (TPSA) is 61.4 Å². The monoisotopic (exact) mass is 387 g/mol. The highest BCUT2D eigenvalue weighted by atomic mass is 16.1. The number of carbonyl (C=O) groups is 1. The van der Waals surface area contributed by atoms with Crippen molar-refractivity contribution in [3.8, 4) is 0 Å². The van der Waals surface area contributed by atoms with Crippen molar-refractivity contribution in [2.45, 2.75) is 19.8 Å². The summed E-state index contributed by atoms with van der Waals surface area (Å²) in [6.45, 7) is 4.99. The molecule has 0 atom stereocenters. The van der Waals surface area contributed by atoms with E-state index in [1.54, 1.807) is 6.07 Å². The van der Waals surface area contributed by atoms with E-state index in [0.717, 1.165) is 31.0 Å². The van der Waals surface area contributed by atoms with Crippen LogP contribution in [0, 0.1) is 0 Å². The van der Waals surface area contributed by atoms with Crippen LogP contribution in [0.25, 0.3) is 0 Å². The fraction of sp³-hybridized carbons (Fsp3) is 0.261. The Kier molecular flexibility index (Phi) is 5.70. The van der Waals surface area contributed by atoms with Gasteiger partial charge in [0.1, 0.15) is 17.8 Å². The third kappa shape index (κ3) is 4.37. The van der Waals surface area contributed by atoms with Gasteiger partial charge in [-0.05, 0) is 56.2 Å². The van der Waals surface area contributed by atoms with Gasteiger partial charge in [-0.15, -0.1) is 0 Å². The van der Waals surface area contributed by atoms with Gasteiger partial charge in [0.15, 0.2) is 0 Å². The highest BCUT2D eigenvalue weighted by molar-refractivity contribution is 6.03. The van der Waals surface area contributed by atoms with E-state index < -0.39 is 0 Å². The molecule has 6 nitrogen and oxygen atoms in total. The number of nitrogens with one attached hydrogen (secondary N) is 1. The summed E-state index contributed by atoms with van der Waals surface area (Å²) in [6.07, 6.45) is 3.92. The van der Waals surface area contributed by atoms with Crippen molar-refractivity contribution in [1.82, 2.24) is 9.97 Å². The average Bonchev–Trinajstić information content (AvgIpc) is 3.31. The molecular weight excluding hydrogens is 362 g/mol. The highest BCUT2D eigenvalue weighted by Gasteiger charge is 2.15. The lowest BCUT2D eigenvalue weighted by molar-refractivity contribution is 0.102. The van der Waals surface area contributed by atoms with E-state index in [-0.39, 0.29) is 5.91 Å². The third-order valence-electron chi connectivity index (χ3n) is 5.14. The summed E-state index contributed by atoms with van der Waals surface area (Å²) in [5.41, 5.74) is 3.32. The first-order valence-electron chi connectivity index (χ1n) is 10.1. The SMILES string of the molecule is CCN(c1ccccc1)c1cc(C(=O)Nc2ccc(N3CCCC3)cc2)ncn1. The lowest BCUT2D eigenvalue weighted by Crippen LogP contribution is -2.20. The van der Waals surface area contributed by atoms with Gasteiger partial charge in [0.2, 0.25) is 0 Å². The zero-order valence-electron chi connectivity index (χ0n) is 16.6. The molecule has 1 amide bonds. The van der Waals surface area contributed by atoms with Gasteiger partial charge in [-0.3, -0.25) is 4.79 Å². The van der Waals surface area contributed by atoms with Gasteiger partial charge in [0, 0.05) is 42.8 Å². The van der Waals surface area contributed by atoms with Crippen molar-refractivity contribution in [2.75, 3.05) is 34.8 Å². The van der Waals surface area contributed by atoms with E-state index in [9.17, 15) is 4.79 Å². The molecule has 1 fully saturated rings. The molecule has 0 spiro atoms. The maximum Gasteiger partial charge on any atom is 0.274 e. The molecule has 4 rings (SSSR count). The predicted molar refractivity (Wildman–Crippen MR) is 117 cm³/mol. The molecule has 2 aromatic carbocycles. The van der Waals surface area contributed by atoms with E-state index in [2.05, 4.69) is 39.2 Å². The summed E-state index contributed by atoms with van der Waals surface area (Å²) in [5.74, 6) is 0.454. The Morgan fingerprint density at radius 2 is 1.76 bits per heavy atom. The second-order valence-corrected chi connectivity index (χ2v) is 7.04. The molecule has 6 heteroatoms. The lowest BCUT2D eigenvalue weighted by Gasteiger charge is -2.22. The Hall–Kier alpha value is -3.41. The zero-order valence-corrected chi connectivity index (χ0v) is 16.6. The summed E-state index contributed by atoms with van der Waals surface area (Å²) < 4.78 is 0. The molecule has 0 saturated carbocycles. The molecule has 0 bridgehead atoms. The minimum atomic E-state index is -0.244. The first-order valence-corrected chi connectivity index (χ1v) is 10.1. The van der Waals surface area contributed by atoms with Gasteiger partial charge in [-0.2, -0.15) is 0 Å². The van der Waals surface area contributed by atoms with E-state index >= 15 is 0 Å². The fourth-order valence-corrected chi connectivity index (χ4v) is 3.63. The minimum absolute atomic E-state index is 0.244. The Balaban J connectivity index is 1.48. The van der Waals surface area contributed by atoms with Gasteiger partial charge in [0.05, 0.1) is 0 Å². The minimum Gasteiger partial charge on any atom is -0.372 e. The normalized spacial score (nSPS) is 13.3. The van der Waals surface area contributed by atoms with E-state index in [1.807, 2.05) is 47.4 Å². The lowest BCUT2D eigenvalue weighted by atomic mass is 10.2. The molecule has 1 aliphatic rings. The molecular formula is C23H25N5O. The van der Waals surface area contributed by atoms with Crippen molar-refractivity contribution in [3.63, 3.8) is 0 Å². The molecule has 0 radical (unpaired) electrons. The summed E-state index contributed by atoms with van der Waals surface area (Å²) in [5, 5.41) is 2.93. The number of aromatic nitrogens is 2. The van der Waals surface area contributed by atoms with Gasteiger partial charge in [-0.1, -0.05) is 18.2 Å². The van der Waals surface area contributed by atoms with Gasteiger partial charge in [0.25, 0.3) is 5.91 Å². The third-order valence-corrected chi connectivity index (χ3v) is 5.14. The van der Waals surface area contributed by atoms with Crippen LogP contribution in [0.1, 0.15) is 30.3 Å². The first-order chi connectivity index (χ1) is 14.2. The number of hydrogen-bond donors (Lipinski definition) is 1. The van der Waals surface area contributed by atoms with Crippen molar-refractivity contribution < 1.29 is 4.79 Å². The molecule has 0 aliphatic carbocycles. The van der Waals surface area contributed by atoms with Crippen LogP contribution in [-0.4, -0.2) is 35.5 Å². The molecule has 29 heavy (non-hydrogen) atoms. The number of benzene rings is 2. The maximum absolute atomic E-state index is 12.7. The highest BCUT2D eigenvalue weighted by Crippen LogP contribution is 2.24. The Bertz CT molecular complexity index is 953. The number of amides is 1. The van der Waals surface area contributed by atoms with Gasteiger partial charge < -0.3 is 15.1 Å². The van der Waals surface area contributed by atoms with Crippen LogP contribution in [0.5, 0.6) is 0 Å². The number of rotatable bonds is 6. The van der Waals surface area contributed by atoms with Crippen LogP contribution in [0.4, 0.5) is 22.9 Å². The smallest absolute Gasteiger partial charge is 0.274 e. The molecule has 1 aromatic heterocycles. The molecule has 1 N–H and O–H groups in total. The quantitative estimate of drug-likeness (QED) is 0.675. The standard InChI is InChI=1S/C23H25N5O/c1-2-28(20-8-4-3-5-9-20)22-16-21(24-17-25-22)23(29)26-18-10-12-19(13-11-18)27-14-6-7-15-27/h3-5,8-13,16-17H,2,6-7,14-15H2,1H3,(H,26,29). The maximum atomic E-state index is 12.7. The molecule has 148 valence electrons. The van der Waals surface area contributed by atoms with Crippen molar-refractivity contribution >= 4 is 28.8 Å². The van der Waals surface area contributed by atoms with Gasteiger partial charge >= 0.3 is 0 Å². The molecule has 3 aromatic rings. The average molecular weight is 387 g/mol. The second-order valence-electron chi connectivity index (χ2n) is 7.04. The van der Waals surface area contributed by atoms with Crippen LogP contribution in [0.15, 0.2) is 67.0 Å². The van der Waals surface area contributed by atoms with E-state index in [0.29, 0.717) is 11.5 Å². The van der Waals surface area contributed by atoms with Crippen molar-refractivity contribution in [3.05, 3.63) is 72.7 Å². The molecule has 1 aliphatic heterocycles. The first kappa shape index (κ1) is 18.9. The number of hydrogen-bond acceptors (Lipinski definition) is 5. The van der Waals surface area contributed by atoms with Crippen LogP contribution in [0.3, 0.4) is 0 Å². The largest absolute Gasteiger partial charge is 0.372 e. The van der Waals surface area contributed by atoms with Crippen LogP contribution in [0.2, 0.25) is 0 Å². The zero-order chi connectivity index (χ0) is 20.1. The molecule has 0 unspecified atom stereocenters. The van der Waals surface area contributed by atoms with Crippen molar-refractivity contribution in [1.29, 1.82) is 0 Å². The molecule has 1 saturated heterocycles. The van der Waals surface area contributed by atoms with E-state index in [4.69, 9.17) is 0 Å². The van der Waals surface area contributed by atoms with Crippen LogP contribution in [-0.2, 0) is 0 Å². The van der Waals surface area contributed by atoms with Crippen LogP contribution < -0.4 is 15.1 Å². The Morgan fingerprint density at radius 1 is 1.03 bits per heavy atom. The predicted octanol–water partition coefficient (Wildman–Crippen LogP) is 4.49. The van der Waals surface area contributed by atoms with Crippen molar-refractivity contribution in [2.24, 2.45) is 0 Å². The fourth-order valence-electron chi connectivity index (χ4n) is 3.63. The Labute approximate surface area is 171 Å².